The summed E-state index contributed by atoms with van der Waals surface area (Å²) in [7, 11) is -2.76. The summed E-state index contributed by atoms with van der Waals surface area (Å²) in [5.74, 6) is 0.964. The van der Waals surface area contributed by atoms with E-state index in [2.05, 4.69) is 23.4 Å². The summed E-state index contributed by atoms with van der Waals surface area (Å²) in [4.78, 5) is 0. The van der Waals surface area contributed by atoms with Crippen LogP contribution in [0.15, 0.2) is 6.07 Å². The SMILES string of the molecule is CCn1nc(C)cc1CNCC1CCS(=O)(=O)C1. The number of aryl methyl sites for hydroxylation is 2. The van der Waals surface area contributed by atoms with E-state index < -0.39 is 9.84 Å². The topological polar surface area (TPSA) is 64.0 Å². The molecule has 2 rings (SSSR count). The molecule has 0 radical (unpaired) electrons. The first-order valence-electron chi connectivity index (χ1n) is 6.44. The molecule has 1 fully saturated rings. The van der Waals surface area contributed by atoms with Crippen molar-refractivity contribution >= 4 is 9.84 Å². The third kappa shape index (κ3) is 3.32. The zero-order chi connectivity index (χ0) is 13.2. The molecule has 0 bridgehead atoms. The van der Waals surface area contributed by atoms with Crippen LogP contribution in [0.4, 0.5) is 0 Å². The number of aromatic nitrogens is 2. The second kappa shape index (κ2) is 5.40. The maximum atomic E-state index is 11.3. The predicted molar refractivity (Wildman–Crippen MR) is 71.1 cm³/mol. The maximum absolute atomic E-state index is 11.3. The minimum atomic E-state index is -2.76. The Bertz CT molecular complexity index is 507. The molecule has 1 N–H and O–H groups in total. The van der Waals surface area contributed by atoms with Crippen molar-refractivity contribution in [3.8, 4) is 0 Å². The van der Waals surface area contributed by atoms with Crippen LogP contribution >= 0.6 is 0 Å². The average Bonchev–Trinajstić information content (AvgIpc) is 2.82. The molecule has 1 saturated heterocycles. The third-order valence-electron chi connectivity index (χ3n) is 3.35. The van der Waals surface area contributed by atoms with E-state index in [-0.39, 0.29) is 5.92 Å². The summed E-state index contributed by atoms with van der Waals surface area (Å²) < 4.78 is 24.7. The van der Waals surface area contributed by atoms with Gasteiger partial charge in [-0.2, -0.15) is 5.10 Å². The standard InChI is InChI=1S/C12H21N3O2S/c1-3-15-12(6-10(2)14-15)8-13-7-11-4-5-18(16,17)9-11/h6,11,13H,3-5,7-9H2,1-2H3. The van der Waals surface area contributed by atoms with Gasteiger partial charge in [0, 0.05) is 13.1 Å². The summed E-state index contributed by atoms with van der Waals surface area (Å²) in [6.45, 7) is 6.44. The van der Waals surface area contributed by atoms with E-state index in [9.17, 15) is 8.42 Å². The summed E-state index contributed by atoms with van der Waals surface area (Å²) in [6, 6.07) is 2.07. The van der Waals surface area contributed by atoms with Crippen LogP contribution < -0.4 is 5.32 Å². The van der Waals surface area contributed by atoms with Gasteiger partial charge >= 0.3 is 0 Å². The summed E-state index contributed by atoms with van der Waals surface area (Å²) >= 11 is 0. The Morgan fingerprint density at radius 1 is 1.56 bits per heavy atom. The Balaban J connectivity index is 1.82. The highest BCUT2D eigenvalue weighted by Crippen LogP contribution is 2.17. The highest BCUT2D eigenvalue weighted by atomic mass is 32.2. The molecular weight excluding hydrogens is 250 g/mol. The van der Waals surface area contributed by atoms with E-state index in [4.69, 9.17) is 0 Å². The lowest BCUT2D eigenvalue weighted by Crippen LogP contribution is -2.24. The molecule has 2 heterocycles. The quantitative estimate of drug-likeness (QED) is 0.858. The van der Waals surface area contributed by atoms with Gasteiger partial charge in [0.25, 0.3) is 0 Å². The average molecular weight is 271 g/mol. The zero-order valence-electron chi connectivity index (χ0n) is 11.0. The van der Waals surface area contributed by atoms with Crippen molar-refractivity contribution < 1.29 is 8.42 Å². The fourth-order valence-corrected chi connectivity index (χ4v) is 4.31. The second-order valence-electron chi connectivity index (χ2n) is 4.99. The molecule has 102 valence electrons. The molecular formula is C12H21N3O2S. The normalized spacial score (nSPS) is 22.4. The van der Waals surface area contributed by atoms with Gasteiger partial charge in [0.15, 0.2) is 9.84 Å². The Hall–Kier alpha value is -0.880. The molecule has 0 saturated carbocycles. The number of hydrogen-bond donors (Lipinski definition) is 1. The number of nitrogens with zero attached hydrogens (tertiary/aromatic N) is 2. The maximum Gasteiger partial charge on any atom is 0.150 e. The fraction of sp³-hybridized carbons (Fsp3) is 0.750. The Labute approximate surface area is 108 Å². The molecule has 0 spiro atoms. The van der Waals surface area contributed by atoms with Crippen LogP contribution in [0.1, 0.15) is 24.7 Å². The summed E-state index contributed by atoms with van der Waals surface area (Å²) in [5, 5.41) is 7.73. The van der Waals surface area contributed by atoms with Crippen molar-refractivity contribution in [3.63, 3.8) is 0 Å². The van der Waals surface area contributed by atoms with Crippen LogP contribution in [0.3, 0.4) is 0 Å². The Morgan fingerprint density at radius 2 is 2.33 bits per heavy atom. The van der Waals surface area contributed by atoms with Gasteiger partial charge in [0.05, 0.1) is 22.9 Å². The second-order valence-corrected chi connectivity index (χ2v) is 7.22. The van der Waals surface area contributed by atoms with E-state index in [1.807, 2.05) is 11.6 Å². The van der Waals surface area contributed by atoms with E-state index in [1.165, 1.54) is 0 Å². The first kappa shape index (κ1) is 13.5. The third-order valence-corrected chi connectivity index (χ3v) is 5.19. The van der Waals surface area contributed by atoms with Gasteiger partial charge in [0.1, 0.15) is 0 Å². The first-order valence-corrected chi connectivity index (χ1v) is 8.27. The Kier molecular flexibility index (Phi) is 4.07. The zero-order valence-corrected chi connectivity index (χ0v) is 11.8. The summed E-state index contributed by atoms with van der Waals surface area (Å²) in [5.41, 5.74) is 2.19. The lowest BCUT2D eigenvalue weighted by atomic mass is 10.1. The highest BCUT2D eigenvalue weighted by molar-refractivity contribution is 7.91. The van der Waals surface area contributed by atoms with Crippen molar-refractivity contribution in [3.05, 3.63) is 17.5 Å². The largest absolute Gasteiger partial charge is 0.311 e. The van der Waals surface area contributed by atoms with Crippen molar-refractivity contribution in [1.82, 2.24) is 15.1 Å². The van der Waals surface area contributed by atoms with Crippen molar-refractivity contribution in [2.45, 2.75) is 33.4 Å². The van der Waals surface area contributed by atoms with Crippen LogP contribution in [0.5, 0.6) is 0 Å². The minimum Gasteiger partial charge on any atom is -0.311 e. The van der Waals surface area contributed by atoms with E-state index in [0.29, 0.717) is 11.5 Å². The Morgan fingerprint density at radius 3 is 2.94 bits per heavy atom. The fourth-order valence-electron chi connectivity index (χ4n) is 2.45. The number of hydrogen-bond acceptors (Lipinski definition) is 4. The van der Waals surface area contributed by atoms with Crippen LogP contribution in [0.2, 0.25) is 0 Å². The molecule has 0 aliphatic carbocycles. The minimum absolute atomic E-state index is 0.272. The van der Waals surface area contributed by atoms with Crippen LogP contribution in [-0.4, -0.2) is 36.2 Å². The van der Waals surface area contributed by atoms with E-state index in [0.717, 1.165) is 37.4 Å². The van der Waals surface area contributed by atoms with Gasteiger partial charge in [-0.25, -0.2) is 8.42 Å². The van der Waals surface area contributed by atoms with Crippen LogP contribution in [0, 0.1) is 12.8 Å². The highest BCUT2D eigenvalue weighted by Gasteiger charge is 2.27. The van der Waals surface area contributed by atoms with Crippen molar-refractivity contribution in [2.75, 3.05) is 18.1 Å². The molecule has 1 unspecified atom stereocenters. The van der Waals surface area contributed by atoms with Gasteiger partial charge in [0.2, 0.25) is 0 Å². The van der Waals surface area contributed by atoms with Crippen molar-refractivity contribution in [1.29, 1.82) is 0 Å². The molecule has 18 heavy (non-hydrogen) atoms. The van der Waals surface area contributed by atoms with E-state index >= 15 is 0 Å². The van der Waals surface area contributed by atoms with Crippen molar-refractivity contribution in [2.24, 2.45) is 5.92 Å². The van der Waals surface area contributed by atoms with Gasteiger partial charge < -0.3 is 5.32 Å². The number of nitrogens with one attached hydrogen (secondary N) is 1. The molecule has 0 aromatic carbocycles. The monoisotopic (exact) mass is 271 g/mol. The molecule has 6 heteroatoms. The molecule has 0 amide bonds. The van der Waals surface area contributed by atoms with Gasteiger partial charge in [-0.1, -0.05) is 0 Å². The van der Waals surface area contributed by atoms with Gasteiger partial charge in [-0.3, -0.25) is 4.68 Å². The van der Waals surface area contributed by atoms with Gasteiger partial charge in [-0.05, 0) is 38.8 Å². The molecule has 1 aromatic rings. The molecule has 1 aliphatic heterocycles. The molecule has 5 nitrogen and oxygen atoms in total. The number of sulfone groups is 1. The molecule has 1 aromatic heterocycles. The predicted octanol–water partition coefficient (Wildman–Crippen LogP) is 0.736. The summed E-state index contributed by atoms with van der Waals surface area (Å²) in [6.07, 6.45) is 0.793. The lowest BCUT2D eigenvalue weighted by molar-refractivity contribution is 0.503. The first-order chi connectivity index (χ1) is 8.50. The number of rotatable bonds is 5. The van der Waals surface area contributed by atoms with Crippen LogP contribution in [-0.2, 0) is 22.9 Å². The lowest BCUT2D eigenvalue weighted by Gasteiger charge is -2.10. The smallest absolute Gasteiger partial charge is 0.150 e. The van der Waals surface area contributed by atoms with Gasteiger partial charge in [-0.15, -0.1) is 0 Å². The van der Waals surface area contributed by atoms with E-state index in [1.54, 1.807) is 0 Å². The van der Waals surface area contributed by atoms with Crippen LogP contribution in [0.25, 0.3) is 0 Å². The molecule has 1 atom stereocenters. The molecule has 1 aliphatic rings.